The molecular formula is C10H11ClN2O. The Labute approximate surface area is 87.4 Å². The van der Waals surface area contributed by atoms with Crippen LogP contribution < -0.4 is 0 Å². The predicted molar refractivity (Wildman–Crippen MR) is 55.1 cm³/mol. The van der Waals surface area contributed by atoms with Crippen molar-refractivity contribution < 1.29 is 5.21 Å². The van der Waals surface area contributed by atoms with Crippen molar-refractivity contribution in [1.29, 1.82) is 0 Å². The lowest BCUT2D eigenvalue weighted by Crippen LogP contribution is -2.35. The predicted octanol–water partition coefficient (Wildman–Crippen LogP) is 2.62. The van der Waals surface area contributed by atoms with Gasteiger partial charge in [0.1, 0.15) is 5.15 Å². The first-order valence-electron chi connectivity index (χ1n) is 4.57. The van der Waals surface area contributed by atoms with Gasteiger partial charge in [-0.15, -0.1) is 5.16 Å². The van der Waals surface area contributed by atoms with Crippen LogP contribution in [0.4, 0.5) is 0 Å². The summed E-state index contributed by atoms with van der Waals surface area (Å²) < 4.78 is 0. The third-order valence-corrected chi connectivity index (χ3v) is 3.08. The maximum atomic E-state index is 8.61. The summed E-state index contributed by atoms with van der Waals surface area (Å²) in [6.07, 6.45) is 6.54. The lowest BCUT2D eigenvalue weighted by atomic mass is 9.66. The van der Waals surface area contributed by atoms with Gasteiger partial charge in [-0.05, 0) is 24.5 Å². The van der Waals surface area contributed by atoms with Gasteiger partial charge in [0.25, 0.3) is 0 Å². The number of pyridine rings is 1. The molecule has 0 radical (unpaired) electrons. The van der Waals surface area contributed by atoms with Crippen LogP contribution in [-0.4, -0.2) is 16.4 Å². The fourth-order valence-electron chi connectivity index (χ4n) is 1.83. The van der Waals surface area contributed by atoms with Crippen LogP contribution in [0.2, 0.25) is 5.15 Å². The maximum absolute atomic E-state index is 8.61. The lowest BCUT2D eigenvalue weighted by molar-refractivity contribution is 0.296. The molecule has 2 rings (SSSR count). The third-order valence-electron chi connectivity index (χ3n) is 2.85. The Hall–Kier alpha value is -1.09. The molecule has 0 aromatic carbocycles. The van der Waals surface area contributed by atoms with Gasteiger partial charge in [-0.3, -0.25) is 0 Å². The molecule has 0 amide bonds. The fourth-order valence-corrected chi connectivity index (χ4v) is 1.94. The summed E-state index contributed by atoms with van der Waals surface area (Å²) in [5.74, 6) is 0. The number of rotatable bonds is 2. The maximum Gasteiger partial charge on any atom is 0.129 e. The van der Waals surface area contributed by atoms with E-state index in [4.69, 9.17) is 16.8 Å². The van der Waals surface area contributed by atoms with E-state index in [0.29, 0.717) is 5.15 Å². The van der Waals surface area contributed by atoms with E-state index in [9.17, 15) is 0 Å². The molecule has 0 spiro atoms. The quantitative estimate of drug-likeness (QED) is 0.353. The Morgan fingerprint density at radius 1 is 1.50 bits per heavy atom. The number of halogens is 1. The molecule has 14 heavy (non-hydrogen) atoms. The van der Waals surface area contributed by atoms with Crippen LogP contribution in [0.1, 0.15) is 24.8 Å². The SMILES string of the molecule is O/N=C/C1(c2ccc(Cl)nc2)CCC1. The number of hydrogen-bond donors (Lipinski definition) is 1. The Balaban J connectivity index is 2.32. The van der Waals surface area contributed by atoms with Crippen molar-refractivity contribution in [2.75, 3.05) is 0 Å². The standard InChI is InChI=1S/C10H11ClN2O/c11-9-3-2-8(6-12-9)10(7-13-14)4-1-5-10/h2-3,6-7,14H,1,4-5H2/b13-7+. The van der Waals surface area contributed by atoms with E-state index in [1.54, 1.807) is 18.5 Å². The molecular weight excluding hydrogens is 200 g/mol. The first kappa shape index (κ1) is 9.46. The number of nitrogens with zero attached hydrogens (tertiary/aromatic N) is 2. The zero-order valence-electron chi connectivity index (χ0n) is 7.65. The first-order chi connectivity index (χ1) is 6.77. The summed E-state index contributed by atoms with van der Waals surface area (Å²) >= 11 is 5.71. The molecule has 3 nitrogen and oxygen atoms in total. The molecule has 1 aromatic heterocycles. The van der Waals surface area contributed by atoms with E-state index >= 15 is 0 Å². The van der Waals surface area contributed by atoms with Gasteiger partial charge in [-0.1, -0.05) is 24.1 Å². The Morgan fingerprint density at radius 3 is 2.71 bits per heavy atom. The van der Waals surface area contributed by atoms with Crippen LogP contribution in [0.25, 0.3) is 0 Å². The fraction of sp³-hybridized carbons (Fsp3) is 0.400. The van der Waals surface area contributed by atoms with Crippen molar-refractivity contribution in [3.63, 3.8) is 0 Å². The van der Waals surface area contributed by atoms with Gasteiger partial charge < -0.3 is 5.21 Å². The van der Waals surface area contributed by atoms with Gasteiger partial charge in [-0.25, -0.2) is 4.98 Å². The molecule has 0 bridgehead atoms. The van der Waals surface area contributed by atoms with Crippen LogP contribution >= 0.6 is 11.6 Å². The van der Waals surface area contributed by atoms with Crippen molar-refractivity contribution in [3.8, 4) is 0 Å². The molecule has 0 aliphatic heterocycles. The molecule has 1 heterocycles. The molecule has 1 aliphatic carbocycles. The van der Waals surface area contributed by atoms with Crippen LogP contribution in [-0.2, 0) is 5.41 Å². The molecule has 0 unspecified atom stereocenters. The van der Waals surface area contributed by atoms with Gasteiger partial charge in [-0.2, -0.15) is 0 Å². The Morgan fingerprint density at radius 2 is 2.29 bits per heavy atom. The molecule has 1 N–H and O–H groups in total. The lowest BCUT2D eigenvalue weighted by Gasteiger charge is -2.38. The molecule has 1 aromatic rings. The molecule has 1 saturated carbocycles. The highest BCUT2D eigenvalue weighted by Crippen LogP contribution is 2.41. The highest BCUT2D eigenvalue weighted by atomic mass is 35.5. The average Bonchev–Trinajstić information content (AvgIpc) is 2.13. The molecule has 1 aliphatic rings. The van der Waals surface area contributed by atoms with E-state index in [2.05, 4.69) is 10.1 Å². The van der Waals surface area contributed by atoms with E-state index in [1.807, 2.05) is 6.07 Å². The van der Waals surface area contributed by atoms with E-state index in [-0.39, 0.29) is 5.41 Å². The second-order valence-electron chi connectivity index (χ2n) is 3.62. The second-order valence-corrected chi connectivity index (χ2v) is 4.01. The average molecular weight is 211 g/mol. The van der Waals surface area contributed by atoms with Crippen molar-refractivity contribution in [1.82, 2.24) is 4.98 Å². The zero-order valence-corrected chi connectivity index (χ0v) is 8.41. The molecule has 0 atom stereocenters. The first-order valence-corrected chi connectivity index (χ1v) is 4.95. The van der Waals surface area contributed by atoms with Crippen LogP contribution in [0.15, 0.2) is 23.5 Å². The normalized spacial score (nSPS) is 19.5. The van der Waals surface area contributed by atoms with Crippen molar-refractivity contribution >= 4 is 17.8 Å². The minimum Gasteiger partial charge on any atom is -0.411 e. The van der Waals surface area contributed by atoms with Gasteiger partial charge in [0.2, 0.25) is 0 Å². The highest BCUT2D eigenvalue weighted by Gasteiger charge is 2.37. The van der Waals surface area contributed by atoms with Crippen molar-refractivity contribution in [2.45, 2.75) is 24.7 Å². The summed E-state index contributed by atoms with van der Waals surface area (Å²) in [5.41, 5.74) is 0.970. The number of hydrogen-bond acceptors (Lipinski definition) is 3. The minimum absolute atomic E-state index is 0.105. The second kappa shape index (κ2) is 3.58. The number of aromatic nitrogens is 1. The van der Waals surface area contributed by atoms with Crippen LogP contribution in [0, 0.1) is 0 Å². The molecule has 1 fully saturated rings. The smallest absolute Gasteiger partial charge is 0.129 e. The monoisotopic (exact) mass is 210 g/mol. The van der Waals surface area contributed by atoms with Crippen molar-refractivity contribution in [3.05, 3.63) is 29.0 Å². The topological polar surface area (TPSA) is 45.5 Å². The summed E-state index contributed by atoms with van der Waals surface area (Å²) in [6.45, 7) is 0. The molecule has 0 saturated heterocycles. The van der Waals surface area contributed by atoms with E-state index in [0.717, 1.165) is 24.8 Å². The van der Waals surface area contributed by atoms with Gasteiger partial charge in [0.05, 0.1) is 6.21 Å². The number of oxime groups is 1. The van der Waals surface area contributed by atoms with E-state index < -0.39 is 0 Å². The summed E-state index contributed by atoms with van der Waals surface area (Å²) in [5, 5.41) is 12.2. The van der Waals surface area contributed by atoms with Crippen molar-refractivity contribution in [2.24, 2.45) is 5.16 Å². The minimum atomic E-state index is -0.105. The van der Waals surface area contributed by atoms with Crippen LogP contribution in [0.5, 0.6) is 0 Å². The van der Waals surface area contributed by atoms with Gasteiger partial charge in [0, 0.05) is 11.6 Å². The Bertz CT molecular complexity index is 344. The van der Waals surface area contributed by atoms with E-state index in [1.165, 1.54) is 0 Å². The zero-order chi connectivity index (χ0) is 10.0. The summed E-state index contributed by atoms with van der Waals surface area (Å²) in [6, 6.07) is 3.71. The van der Waals surface area contributed by atoms with Gasteiger partial charge in [0.15, 0.2) is 0 Å². The largest absolute Gasteiger partial charge is 0.411 e. The summed E-state index contributed by atoms with van der Waals surface area (Å²) in [7, 11) is 0. The highest BCUT2D eigenvalue weighted by molar-refractivity contribution is 6.29. The van der Waals surface area contributed by atoms with Gasteiger partial charge >= 0.3 is 0 Å². The Kier molecular flexibility index (Phi) is 2.42. The van der Waals surface area contributed by atoms with Crippen LogP contribution in [0.3, 0.4) is 0 Å². The molecule has 4 heteroatoms. The molecule has 74 valence electrons. The third kappa shape index (κ3) is 1.48. The summed E-state index contributed by atoms with van der Waals surface area (Å²) in [4.78, 5) is 4.03.